The van der Waals surface area contributed by atoms with Crippen LogP contribution in [0.25, 0.3) is 0 Å². The van der Waals surface area contributed by atoms with Crippen molar-refractivity contribution in [2.24, 2.45) is 7.05 Å². The van der Waals surface area contributed by atoms with Crippen LogP contribution in [0.1, 0.15) is 16.1 Å². The summed E-state index contributed by atoms with van der Waals surface area (Å²) in [5.41, 5.74) is 1.50. The van der Waals surface area contributed by atoms with Crippen molar-refractivity contribution >= 4 is 5.78 Å². The van der Waals surface area contributed by atoms with Crippen molar-refractivity contribution in [2.75, 3.05) is 0 Å². The first kappa shape index (κ1) is 7.72. The minimum Gasteiger partial charge on any atom is -0.288 e. The minimum absolute atomic E-state index is 0.0810. The van der Waals surface area contributed by atoms with Crippen molar-refractivity contribution in [2.45, 2.75) is 6.92 Å². The monoisotopic (exact) mass is 150 g/mol. The van der Waals surface area contributed by atoms with Crippen LogP contribution < -0.4 is 0 Å². The lowest BCUT2D eigenvalue weighted by atomic mass is 10.2. The zero-order valence-electron chi connectivity index (χ0n) is 6.66. The molecule has 1 aromatic heterocycles. The molecule has 58 valence electrons. The molecule has 1 rings (SSSR count). The molecule has 0 aliphatic carbocycles. The van der Waals surface area contributed by atoms with Crippen molar-refractivity contribution in [1.29, 1.82) is 0 Å². The Morgan fingerprint density at radius 2 is 2.45 bits per heavy atom. The van der Waals surface area contributed by atoms with E-state index in [0.29, 0.717) is 5.69 Å². The average molecular weight is 150 g/mol. The standard InChI is InChI=1S/C8H10N2O/c1-4-7(11)8-6(2)5-9-10(8)3/h4-5H,1H2,2-3H3. The van der Waals surface area contributed by atoms with Gasteiger partial charge in [0.2, 0.25) is 5.78 Å². The van der Waals surface area contributed by atoms with E-state index < -0.39 is 0 Å². The second kappa shape index (κ2) is 2.70. The molecule has 3 nitrogen and oxygen atoms in total. The Balaban J connectivity index is 3.20. The molecule has 0 bridgehead atoms. The Bertz CT molecular complexity index is 280. The third-order valence-electron chi connectivity index (χ3n) is 1.54. The number of ketones is 1. The van der Waals surface area contributed by atoms with Gasteiger partial charge in [0, 0.05) is 7.05 Å². The highest BCUT2D eigenvalue weighted by Gasteiger charge is 2.09. The van der Waals surface area contributed by atoms with Gasteiger partial charge >= 0.3 is 0 Å². The highest BCUT2D eigenvalue weighted by molar-refractivity contribution is 6.03. The molecule has 0 aliphatic heterocycles. The largest absolute Gasteiger partial charge is 0.288 e. The maximum Gasteiger partial charge on any atom is 0.203 e. The number of carbonyl (C=O) groups is 1. The first-order valence-corrected chi connectivity index (χ1v) is 3.32. The third kappa shape index (κ3) is 1.22. The summed E-state index contributed by atoms with van der Waals surface area (Å²) in [7, 11) is 1.74. The Morgan fingerprint density at radius 3 is 2.82 bits per heavy atom. The average Bonchev–Trinajstić information content (AvgIpc) is 2.30. The molecule has 11 heavy (non-hydrogen) atoms. The van der Waals surface area contributed by atoms with Crippen LogP contribution in [-0.4, -0.2) is 15.6 Å². The van der Waals surface area contributed by atoms with Crippen LogP contribution in [0.4, 0.5) is 0 Å². The molecular formula is C8H10N2O. The number of allylic oxidation sites excluding steroid dienone is 1. The second-order valence-electron chi connectivity index (χ2n) is 2.37. The zero-order valence-corrected chi connectivity index (χ0v) is 6.66. The van der Waals surface area contributed by atoms with Crippen LogP contribution in [0, 0.1) is 6.92 Å². The normalized spacial score (nSPS) is 9.64. The molecule has 0 N–H and O–H groups in total. The minimum atomic E-state index is -0.0810. The van der Waals surface area contributed by atoms with Gasteiger partial charge in [0.05, 0.1) is 6.20 Å². The fourth-order valence-corrected chi connectivity index (χ4v) is 0.998. The van der Waals surface area contributed by atoms with Gasteiger partial charge in [-0.05, 0) is 18.6 Å². The van der Waals surface area contributed by atoms with Crippen LogP contribution in [0.15, 0.2) is 18.9 Å². The fourth-order valence-electron chi connectivity index (χ4n) is 0.998. The van der Waals surface area contributed by atoms with E-state index in [1.165, 1.54) is 6.08 Å². The predicted octanol–water partition coefficient (Wildman–Crippen LogP) is 1.10. The van der Waals surface area contributed by atoms with Gasteiger partial charge in [0.15, 0.2) is 0 Å². The smallest absolute Gasteiger partial charge is 0.203 e. The van der Waals surface area contributed by atoms with E-state index >= 15 is 0 Å². The molecule has 3 heteroatoms. The molecule has 0 unspecified atom stereocenters. The Kier molecular flexibility index (Phi) is 1.89. The lowest BCUT2D eigenvalue weighted by Crippen LogP contribution is -2.05. The van der Waals surface area contributed by atoms with Crippen LogP contribution >= 0.6 is 0 Å². The summed E-state index contributed by atoms with van der Waals surface area (Å²) < 4.78 is 1.55. The highest BCUT2D eigenvalue weighted by atomic mass is 16.1. The van der Waals surface area contributed by atoms with Crippen molar-refractivity contribution in [3.8, 4) is 0 Å². The molecule has 1 heterocycles. The molecule has 0 fully saturated rings. The first-order valence-electron chi connectivity index (χ1n) is 3.32. The van der Waals surface area contributed by atoms with Crippen molar-refractivity contribution in [1.82, 2.24) is 9.78 Å². The van der Waals surface area contributed by atoms with Crippen molar-refractivity contribution in [3.63, 3.8) is 0 Å². The van der Waals surface area contributed by atoms with Gasteiger partial charge in [-0.2, -0.15) is 5.10 Å². The van der Waals surface area contributed by atoms with Gasteiger partial charge in [-0.1, -0.05) is 6.58 Å². The van der Waals surface area contributed by atoms with Crippen LogP contribution in [0.2, 0.25) is 0 Å². The first-order chi connectivity index (χ1) is 5.16. The molecule has 0 spiro atoms. The highest BCUT2D eigenvalue weighted by Crippen LogP contribution is 2.06. The van der Waals surface area contributed by atoms with Crippen LogP contribution in [0.5, 0.6) is 0 Å². The molecule has 0 aromatic carbocycles. The van der Waals surface area contributed by atoms with Gasteiger partial charge < -0.3 is 0 Å². The third-order valence-corrected chi connectivity index (χ3v) is 1.54. The van der Waals surface area contributed by atoms with Gasteiger partial charge in [-0.3, -0.25) is 9.48 Å². The van der Waals surface area contributed by atoms with E-state index in [2.05, 4.69) is 11.7 Å². The molecule has 0 saturated heterocycles. The van der Waals surface area contributed by atoms with E-state index in [4.69, 9.17) is 0 Å². The van der Waals surface area contributed by atoms with E-state index in [-0.39, 0.29) is 5.78 Å². The second-order valence-corrected chi connectivity index (χ2v) is 2.37. The maximum absolute atomic E-state index is 11.1. The molecular weight excluding hydrogens is 140 g/mol. The number of hydrogen-bond acceptors (Lipinski definition) is 2. The number of nitrogens with zero attached hydrogens (tertiary/aromatic N) is 2. The number of aryl methyl sites for hydroxylation is 2. The maximum atomic E-state index is 11.1. The van der Waals surface area contributed by atoms with E-state index in [1.807, 2.05) is 6.92 Å². The molecule has 1 aromatic rings. The van der Waals surface area contributed by atoms with Gasteiger partial charge in [-0.15, -0.1) is 0 Å². The SMILES string of the molecule is C=CC(=O)c1c(C)cnn1C. The summed E-state index contributed by atoms with van der Waals surface area (Å²) in [6.07, 6.45) is 2.96. The molecule has 0 saturated carbocycles. The number of aromatic nitrogens is 2. The number of rotatable bonds is 2. The van der Waals surface area contributed by atoms with E-state index in [0.717, 1.165) is 5.56 Å². The summed E-state index contributed by atoms with van der Waals surface area (Å²) in [5, 5.41) is 3.93. The zero-order chi connectivity index (χ0) is 8.43. The van der Waals surface area contributed by atoms with Crippen LogP contribution in [-0.2, 0) is 7.05 Å². The van der Waals surface area contributed by atoms with E-state index in [1.54, 1.807) is 17.9 Å². The van der Waals surface area contributed by atoms with E-state index in [9.17, 15) is 4.79 Å². The van der Waals surface area contributed by atoms with Crippen molar-refractivity contribution < 1.29 is 4.79 Å². The predicted molar refractivity (Wildman–Crippen MR) is 42.5 cm³/mol. The summed E-state index contributed by atoms with van der Waals surface area (Å²) in [6, 6.07) is 0. The summed E-state index contributed by atoms with van der Waals surface area (Å²) >= 11 is 0. The van der Waals surface area contributed by atoms with Gasteiger partial charge in [0.25, 0.3) is 0 Å². The Morgan fingerprint density at radius 1 is 1.82 bits per heavy atom. The Labute approximate surface area is 65.3 Å². The number of hydrogen-bond donors (Lipinski definition) is 0. The lowest BCUT2D eigenvalue weighted by molar-refractivity contribution is 0.103. The molecule has 0 aliphatic rings. The Hall–Kier alpha value is -1.38. The summed E-state index contributed by atoms with van der Waals surface area (Å²) in [6.45, 7) is 5.26. The van der Waals surface area contributed by atoms with Gasteiger partial charge in [-0.25, -0.2) is 0 Å². The molecule has 0 amide bonds. The lowest BCUT2D eigenvalue weighted by Gasteiger charge is -1.96. The molecule has 0 atom stereocenters. The fraction of sp³-hybridized carbons (Fsp3) is 0.250. The van der Waals surface area contributed by atoms with Gasteiger partial charge in [0.1, 0.15) is 5.69 Å². The molecule has 0 radical (unpaired) electrons. The summed E-state index contributed by atoms with van der Waals surface area (Å²) in [4.78, 5) is 11.1. The summed E-state index contributed by atoms with van der Waals surface area (Å²) in [5.74, 6) is -0.0810. The topological polar surface area (TPSA) is 34.9 Å². The van der Waals surface area contributed by atoms with Crippen molar-refractivity contribution in [3.05, 3.63) is 30.1 Å². The van der Waals surface area contributed by atoms with Crippen LogP contribution in [0.3, 0.4) is 0 Å². The number of carbonyl (C=O) groups excluding carboxylic acids is 1. The quantitative estimate of drug-likeness (QED) is 0.467.